The average Bonchev–Trinajstić information content (AvgIpc) is 2.39. The quantitative estimate of drug-likeness (QED) is 0.800. The lowest BCUT2D eigenvalue weighted by Crippen LogP contribution is -2.13. The van der Waals surface area contributed by atoms with Gasteiger partial charge in [0.05, 0.1) is 10.0 Å². The van der Waals surface area contributed by atoms with Crippen molar-refractivity contribution in [3.8, 4) is 22.9 Å². The van der Waals surface area contributed by atoms with Crippen LogP contribution in [0.2, 0.25) is 0 Å². The maximum absolute atomic E-state index is 12.9. The first kappa shape index (κ1) is 16.1. The van der Waals surface area contributed by atoms with Crippen LogP contribution in [0.4, 0.5) is 13.2 Å². The Balaban J connectivity index is 2.87. The van der Waals surface area contributed by atoms with Crippen LogP contribution in [0.5, 0.6) is 5.75 Å². The third-order valence-electron chi connectivity index (χ3n) is 2.96. The lowest BCUT2D eigenvalue weighted by atomic mass is 9.98. The maximum Gasteiger partial charge on any atom is 0.416 e. The molecule has 2 aromatic rings. The molecule has 0 bridgehead atoms. The van der Waals surface area contributed by atoms with Crippen LogP contribution in [0, 0.1) is 18.3 Å². The van der Waals surface area contributed by atoms with Gasteiger partial charge in [0.1, 0.15) is 17.4 Å². The molecule has 0 saturated heterocycles. The Morgan fingerprint density at radius 3 is 2.45 bits per heavy atom. The van der Waals surface area contributed by atoms with E-state index in [0.29, 0.717) is 11.8 Å². The Kier molecular flexibility index (Phi) is 4.02. The molecule has 1 aromatic heterocycles. The fraction of sp³-hybridized carbons (Fsp3) is 0.143. The normalized spacial score (nSPS) is 11.3. The molecular weight excluding hydrogens is 365 g/mol. The lowest BCUT2D eigenvalue weighted by Gasteiger charge is -2.13. The Hall–Kier alpha value is -2.27. The summed E-state index contributed by atoms with van der Waals surface area (Å²) in [6.07, 6.45) is -4.63. The molecule has 0 aliphatic carbocycles. The molecule has 0 aliphatic rings. The van der Waals surface area contributed by atoms with Gasteiger partial charge < -0.3 is 10.1 Å². The number of aryl methyl sites for hydroxylation is 1. The minimum absolute atomic E-state index is 0.0620. The second-order valence-corrected chi connectivity index (χ2v) is 5.39. The average molecular weight is 373 g/mol. The highest BCUT2D eigenvalue weighted by atomic mass is 79.9. The molecule has 1 heterocycles. The number of alkyl halides is 3. The van der Waals surface area contributed by atoms with Gasteiger partial charge in [0.25, 0.3) is 5.56 Å². The number of aromatic nitrogens is 1. The van der Waals surface area contributed by atoms with Crippen molar-refractivity contribution < 1.29 is 18.3 Å². The highest BCUT2D eigenvalue weighted by Gasteiger charge is 2.32. The Labute approximate surface area is 131 Å². The molecule has 0 atom stereocenters. The molecule has 0 amide bonds. The van der Waals surface area contributed by atoms with E-state index >= 15 is 0 Å². The summed E-state index contributed by atoms with van der Waals surface area (Å²) in [5, 5.41) is 19.1. The molecule has 114 valence electrons. The third kappa shape index (κ3) is 2.85. The van der Waals surface area contributed by atoms with E-state index < -0.39 is 23.0 Å². The number of phenolic OH excluding ortho intramolecular Hbond substituents is 1. The first-order chi connectivity index (χ1) is 10.1. The lowest BCUT2D eigenvalue weighted by molar-refractivity contribution is -0.137. The summed E-state index contributed by atoms with van der Waals surface area (Å²) in [6.45, 7) is 1.52. The van der Waals surface area contributed by atoms with Gasteiger partial charge in [-0.25, -0.2) is 0 Å². The minimum atomic E-state index is -4.63. The van der Waals surface area contributed by atoms with Gasteiger partial charge in [-0.1, -0.05) is 0 Å². The van der Waals surface area contributed by atoms with Crippen LogP contribution in [-0.2, 0) is 6.18 Å². The second kappa shape index (κ2) is 5.50. The summed E-state index contributed by atoms with van der Waals surface area (Å²) in [7, 11) is 0. The van der Waals surface area contributed by atoms with Gasteiger partial charge in [-0.2, -0.15) is 18.4 Å². The number of phenols is 1. The van der Waals surface area contributed by atoms with Crippen molar-refractivity contribution in [2.24, 2.45) is 0 Å². The van der Waals surface area contributed by atoms with E-state index in [1.54, 1.807) is 6.07 Å². The van der Waals surface area contributed by atoms with E-state index in [9.17, 15) is 23.1 Å². The summed E-state index contributed by atoms with van der Waals surface area (Å²) >= 11 is 2.85. The summed E-state index contributed by atoms with van der Waals surface area (Å²) in [4.78, 5) is 14.1. The molecule has 0 radical (unpaired) electrons. The van der Waals surface area contributed by atoms with Crippen LogP contribution in [0.15, 0.2) is 27.5 Å². The SMILES string of the molecule is Cc1cc(-c2cc(C(F)(F)F)cc(Br)c2O)c(C#N)c(=O)[nH]1. The first-order valence-electron chi connectivity index (χ1n) is 5.89. The van der Waals surface area contributed by atoms with Crippen molar-refractivity contribution >= 4 is 15.9 Å². The summed E-state index contributed by atoms with van der Waals surface area (Å²) < 4.78 is 38.5. The number of aromatic amines is 1. The predicted molar refractivity (Wildman–Crippen MR) is 76.3 cm³/mol. The van der Waals surface area contributed by atoms with Crippen LogP contribution >= 0.6 is 15.9 Å². The van der Waals surface area contributed by atoms with Gasteiger partial charge in [0, 0.05) is 16.8 Å². The Bertz CT molecular complexity index is 851. The molecular formula is C14H8BrF3N2O2. The molecule has 0 spiro atoms. The minimum Gasteiger partial charge on any atom is -0.506 e. The van der Waals surface area contributed by atoms with Gasteiger partial charge in [0.2, 0.25) is 0 Å². The highest BCUT2D eigenvalue weighted by molar-refractivity contribution is 9.10. The zero-order valence-corrected chi connectivity index (χ0v) is 12.6. The van der Waals surface area contributed by atoms with E-state index in [4.69, 9.17) is 5.26 Å². The number of aromatic hydroxyl groups is 1. The van der Waals surface area contributed by atoms with E-state index in [2.05, 4.69) is 20.9 Å². The van der Waals surface area contributed by atoms with Crippen molar-refractivity contribution in [1.29, 1.82) is 5.26 Å². The van der Waals surface area contributed by atoms with E-state index in [1.807, 2.05) is 0 Å². The van der Waals surface area contributed by atoms with Gasteiger partial charge in [-0.05, 0) is 41.1 Å². The molecule has 4 nitrogen and oxygen atoms in total. The van der Waals surface area contributed by atoms with Gasteiger partial charge in [-0.3, -0.25) is 4.79 Å². The van der Waals surface area contributed by atoms with E-state index in [1.165, 1.54) is 13.0 Å². The summed E-state index contributed by atoms with van der Waals surface area (Å²) in [5.74, 6) is -0.477. The zero-order chi connectivity index (χ0) is 16.7. The number of H-pyrrole nitrogens is 1. The number of nitriles is 1. The number of rotatable bonds is 1. The second-order valence-electron chi connectivity index (χ2n) is 4.53. The highest BCUT2D eigenvalue weighted by Crippen LogP contribution is 2.41. The van der Waals surface area contributed by atoms with Crippen molar-refractivity contribution in [3.63, 3.8) is 0 Å². The molecule has 0 saturated carbocycles. The molecule has 0 aliphatic heterocycles. The molecule has 2 rings (SSSR count). The summed E-state index contributed by atoms with van der Waals surface area (Å²) in [6, 6.07) is 4.41. The summed E-state index contributed by atoms with van der Waals surface area (Å²) in [5.41, 5.74) is -2.06. The number of hydrogen-bond donors (Lipinski definition) is 2. The Morgan fingerprint density at radius 2 is 1.91 bits per heavy atom. The van der Waals surface area contributed by atoms with Crippen molar-refractivity contribution in [3.05, 3.63) is 49.8 Å². The number of benzene rings is 1. The smallest absolute Gasteiger partial charge is 0.416 e. The van der Waals surface area contributed by atoms with E-state index in [-0.39, 0.29) is 21.2 Å². The molecule has 1 aromatic carbocycles. The van der Waals surface area contributed by atoms with Gasteiger partial charge in [-0.15, -0.1) is 0 Å². The van der Waals surface area contributed by atoms with Crippen LogP contribution in [0.3, 0.4) is 0 Å². The Morgan fingerprint density at radius 1 is 1.27 bits per heavy atom. The van der Waals surface area contributed by atoms with Gasteiger partial charge in [0.15, 0.2) is 0 Å². The fourth-order valence-electron chi connectivity index (χ4n) is 1.98. The van der Waals surface area contributed by atoms with Gasteiger partial charge >= 0.3 is 6.18 Å². The van der Waals surface area contributed by atoms with Crippen LogP contribution in [0.1, 0.15) is 16.8 Å². The van der Waals surface area contributed by atoms with E-state index in [0.717, 1.165) is 6.07 Å². The largest absolute Gasteiger partial charge is 0.506 e. The van der Waals surface area contributed by atoms with Crippen LogP contribution < -0.4 is 5.56 Å². The maximum atomic E-state index is 12.9. The number of hydrogen-bond acceptors (Lipinski definition) is 3. The fourth-order valence-corrected chi connectivity index (χ4v) is 2.44. The predicted octanol–water partition coefficient (Wildman–Crippen LogP) is 3.71. The van der Waals surface area contributed by atoms with Crippen molar-refractivity contribution in [2.75, 3.05) is 0 Å². The van der Waals surface area contributed by atoms with Crippen LogP contribution in [-0.4, -0.2) is 10.1 Å². The number of halogens is 4. The van der Waals surface area contributed by atoms with Crippen molar-refractivity contribution in [2.45, 2.75) is 13.1 Å². The third-order valence-corrected chi connectivity index (χ3v) is 3.57. The monoisotopic (exact) mass is 372 g/mol. The van der Waals surface area contributed by atoms with Crippen LogP contribution in [0.25, 0.3) is 11.1 Å². The number of nitrogens with zero attached hydrogens (tertiary/aromatic N) is 1. The standard InChI is InChI=1S/C14H8BrF3N2O2/c1-6-2-8(10(5-19)13(22)20-6)9-3-7(14(16,17)18)4-11(15)12(9)21/h2-4,21H,1H3,(H,20,22). The molecule has 0 fully saturated rings. The first-order valence-corrected chi connectivity index (χ1v) is 6.68. The molecule has 2 N–H and O–H groups in total. The number of nitrogens with one attached hydrogen (secondary N) is 1. The molecule has 0 unspecified atom stereocenters. The molecule has 8 heteroatoms. The van der Waals surface area contributed by atoms with Crippen molar-refractivity contribution in [1.82, 2.24) is 4.98 Å². The molecule has 22 heavy (non-hydrogen) atoms. The zero-order valence-electron chi connectivity index (χ0n) is 11.0. The number of pyridine rings is 1. The topological polar surface area (TPSA) is 76.9 Å².